The van der Waals surface area contributed by atoms with E-state index in [0.717, 1.165) is 24.9 Å². The summed E-state index contributed by atoms with van der Waals surface area (Å²) < 4.78 is 0. The van der Waals surface area contributed by atoms with Gasteiger partial charge in [0.2, 0.25) is 5.91 Å². The summed E-state index contributed by atoms with van der Waals surface area (Å²) in [5.74, 6) is 0.247. The van der Waals surface area contributed by atoms with Crippen LogP contribution in [-0.2, 0) is 16.8 Å². The van der Waals surface area contributed by atoms with Crippen LogP contribution in [0.25, 0.3) is 0 Å². The van der Waals surface area contributed by atoms with E-state index >= 15 is 0 Å². The van der Waals surface area contributed by atoms with Crippen molar-refractivity contribution in [1.29, 1.82) is 0 Å². The zero-order chi connectivity index (χ0) is 27.0. The Morgan fingerprint density at radius 2 is 1.53 bits per heavy atom. The van der Waals surface area contributed by atoms with Gasteiger partial charge in [0.25, 0.3) is 5.91 Å². The van der Waals surface area contributed by atoms with Gasteiger partial charge in [-0.25, -0.2) is 0 Å². The van der Waals surface area contributed by atoms with E-state index in [2.05, 4.69) is 67.1 Å². The van der Waals surface area contributed by atoms with Crippen molar-refractivity contribution < 1.29 is 9.59 Å². The van der Waals surface area contributed by atoms with Crippen LogP contribution in [0.15, 0.2) is 84.9 Å². The molecule has 200 valence electrons. The first-order chi connectivity index (χ1) is 18.3. The topological polar surface area (TPSA) is 70.2 Å². The van der Waals surface area contributed by atoms with E-state index in [0.29, 0.717) is 30.5 Å². The SMILES string of the molecule is CC(C)(C)c1ccc(C(=O)N[C@@H](CCCCN[C@@H]2C[C@H]2c2ccccc2)C(=O)NCc2ccccc2)cc1. The predicted octanol–water partition coefficient (Wildman–Crippen LogP) is 5.71. The van der Waals surface area contributed by atoms with Crippen molar-refractivity contribution in [2.24, 2.45) is 0 Å². The number of hydrogen-bond donors (Lipinski definition) is 3. The Balaban J connectivity index is 1.28. The number of amides is 2. The normalized spacial score (nSPS) is 17.4. The largest absolute Gasteiger partial charge is 0.350 e. The van der Waals surface area contributed by atoms with Crippen LogP contribution in [0.1, 0.15) is 79.4 Å². The molecule has 2 amide bonds. The molecule has 1 aliphatic carbocycles. The molecule has 1 fully saturated rings. The van der Waals surface area contributed by atoms with E-state index in [1.54, 1.807) is 0 Å². The number of nitrogens with one attached hydrogen (secondary N) is 3. The second-order valence-corrected chi connectivity index (χ2v) is 11.4. The zero-order valence-corrected chi connectivity index (χ0v) is 22.9. The molecule has 0 aliphatic heterocycles. The maximum Gasteiger partial charge on any atom is 0.251 e. The third-order valence-corrected chi connectivity index (χ3v) is 7.29. The van der Waals surface area contributed by atoms with Crippen molar-refractivity contribution in [2.45, 2.75) is 76.4 Å². The Hall–Kier alpha value is -3.44. The van der Waals surface area contributed by atoms with Crippen molar-refractivity contribution in [1.82, 2.24) is 16.0 Å². The van der Waals surface area contributed by atoms with Crippen LogP contribution < -0.4 is 16.0 Å². The molecule has 0 aromatic heterocycles. The van der Waals surface area contributed by atoms with Gasteiger partial charge in [0.05, 0.1) is 0 Å². The zero-order valence-electron chi connectivity index (χ0n) is 22.9. The highest BCUT2D eigenvalue weighted by molar-refractivity contribution is 5.97. The van der Waals surface area contributed by atoms with Crippen molar-refractivity contribution in [3.8, 4) is 0 Å². The first-order valence-corrected chi connectivity index (χ1v) is 13.8. The molecule has 0 unspecified atom stereocenters. The van der Waals surface area contributed by atoms with Gasteiger partial charge in [0.15, 0.2) is 0 Å². The Kier molecular flexibility index (Phi) is 9.35. The lowest BCUT2D eigenvalue weighted by molar-refractivity contribution is -0.123. The molecule has 1 saturated carbocycles. The van der Waals surface area contributed by atoms with Crippen molar-refractivity contribution in [3.63, 3.8) is 0 Å². The molecule has 0 saturated heterocycles. The Labute approximate surface area is 227 Å². The molecule has 0 spiro atoms. The molecule has 0 bridgehead atoms. The van der Waals surface area contributed by atoms with Gasteiger partial charge in [-0.15, -0.1) is 0 Å². The van der Waals surface area contributed by atoms with Crippen LogP contribution >= 0.6 is 0 Å². The van der Waals surface area contributed by atoms with Crippen LogP contribution in [0.2, 0.25) is 0 Å². The minimum absolute atomic E-state index is 0.0183. The second-order valence-electron chi connectivity index (χ2n) is 11.4. The summed E-state index contributed by atoms with van der Waals surface area (Å²) >= 11 is 0. The van der Waals surface area contributed by atoms with Gasteiger partial charge in [0.1, 0.15) is 6.04 Å². The van der Waals surface area contributed by atoms with E-state index in [-0.39, 0.29) is 17.2 Å². The van der Waals surface area contributed by atoms with Crippen LogP contribution in [-0.4, -0.2) is 30.4 Å². The molecule has 0 heterocycles. The molecule has 38 heavy (non-hydrogen) atoms. The van der Waals surface area contributed by atoms with E-state index < -0.39 is 6.04 Å². The minimum atomic E-state index is -0.577. The van der Waals surface area contributed by atoms with Crippen molar-refractivity contribution >= 4 is 11.8 Å². The number of carbonyl (C=O) groups excluding carboxylic acids is 2. The number of rotatable bonds is 12. The van der Waals surface area contributed by atoms with Gasteiger partial charge in [-0.05, 0) is 66.5 Å². The van der Waals surface area contributed by atoms with Gasteiger partial charge in [-0.2, -0.15) is 0 Å². The standard InChI is InChI=1S/C33H41N3O2/c1-33(2,3)27-19-17-26(18-20-27)31(37)36-29(32(38)35-23-24-12-6-4-7-13-24)16-10-11-21-34-30-22-28(30)25-14-8-5-9-15-25/h4-9,12-15,17-20,28-30,34H,10-11,16,21-23H2,1-3H3,(H,35,38)(H,36,37)/t28-,29-,30+/m0/s1. The summed E-state index contributed by atoms with van der Waals surface area (Å²) in [6.45, 7) is 7.80. The summed E-state index contributed by atoms with van der Waals surface area (Å²) in [6.07, 6.45) is 3.58. The van der Waals surface area contributed by atoms with Gasteiger partial charge in [0, 0.05) is 24.1 Å². The molecule has 5 heteroatoms. The summed E-state index contributed by atoms with van der Waals surface area (Å²) in [6, 6.07) is 28.1. The highest BCUT2D eigenvalue weighted by atomic mass is 16.2. The molecular weight excluding hydrogens is 470 g/mol. The van der Waals surface area contributed by atoms with Gasteiger partial charge in [-0.3, -0.25) is 9.59 Å². The van der Waals surface area contributed by atoms with Crippen LogP contribution in [0.3, 0.4) is 0 Å². The van der Waals surface area contributed by atoms with Gasteiger partial charge >= 0.3 is 0 Å². The average Bonchev–Trinajstić information content (AvgIpc) is 3.71. The number of hydrogen-bond acceptors (Lipinski definition) is 3. The number of carbonyl (C=O) groups is 2. The van der Waals surface area contributed by atoms with E-state index in [9.17, 15) is 9.59 Å². The lowest BCUT2D eigenvalue weighted by Gasteiger charge is -2.20. The molecule has 0 radical (unpaired) electrons. The monoisotopic (exact) mass is 511 g/mol. The van der Waals surface area contributed by atoms with E-state index in [4.69, 9.17) is 0 Å². The summed E-state index contributed by atoms with van der Waals surface area (Å²) in [5, 5.41) is 9.66. The second kappa shape index (κ2) is 12.9. The maximum absolute atomic E-state index is 13.1. The first-order valence-electron chi connectivity index (χ1n) is 13.8. The number of benzene rings is 3. The average molecular weight is 512 g/mol. The quantitative estimate of drug-likeness (QED) is 0.273. The third-order valence-electron chi connectivity index (χ3n) is 7.29. The Bertz CT molecular complexity index is 1170. The fourth-order valence-electron chi connectivity index (χ4n) is 4.79. The van der Waals surface area contributed by atoms with E-state index in [1.807, 2.05) is 54.6 Å². The van der Waals surface area contributed by atoms with Crippen molar-refractivity contribution in [2.75, 3.05) is 6.54 Å². The molecule has 3 aromatic rings. The van der Waals surface area contributed by atoms with Crippen LogP contribution in [0, 0.1) is 0 Å². The van der Waals surface area contributed by atoms with Crippen molar-refractivity contribution in [3.05, 3.63) is 107 Å². The summed E-state index contributed by atoms with van der Waals surface area (Å²) in [7, 11) is 0. The maximum atomic E-state index is 13.1. The predicted molar refractivity (Wildman–Crippen MR) is 154 cm³/mol. The van der Waals surface area contributed by atoms with Gasteiger partial charge < -0.3 is 16.0 Å². The lowest BCUT2D eigenvalue weighted by Crippen LogP contribution is -2.46. The molecule has 4 rings (SSSR count). The third kappa shape index (κ3) is 8.03. The van der Waals surface area contributed by atoms with Crippen LogP contribution in [0.5, 0.6) is 0 Å². The Morgan fingerprint density at radius 1 is 0.868 bits per heavy atom. The molecule has 5 nitrogen and oxygen atoms in total. The molecule has 3 aromatic carbocycles. The highest BCUT2D eigenvalue weighted by Gasteiger charge is 2.37. The lowest BCUT2D eigenvalue weighted by atomic mass is 9.86. The van der Waals surface area contributed by atoms with Gasteiger partial charge in [-0.1, -0.05) is 93.6 Å². The Morgan fingerprint density at radius 3 is 2.18 bits per heavy atom. The van der Waals surface area contributed by atoms with Crippen LogP contribution in [0.4, 0.5) is 0 Å². The molecule has 3 N–H and O–H groups in total. The number of unbranched alkanes of at least 4 members (excludes halogenated alkanes) is 1. The fourth-order valence-corrected chi connectivity index (χ4v) is 4.79. The van der Waals surface area contributed by atoms with E-state index in [1.165, 1.54) is 17.5 Å². The molecule has 1 aliphatic rings. The fraction of sp³-hybridized carbons (Fsp3) is 0.394. The summed E-state index contributed by atoms with van der Waals surface area (Å²) in [4.78, 5) is 26.2. The highest BCUT2D eigenvalue weighted by Crippen LogP contribution is 2.40. The molecule has 3 atom stereocenters. The first kappa shape index (κ1) is 27.6. The smallest absolute Gasteiger partial charge is 0.251 e. The minimum Gasteiger partial charge on any atom is -0.350 e. The molecular formula is C33H41N3O2. The summed E-state index contributed by atoms with van der Waals surface area (Å²) in [5.41, 5.74) is 4.19.